The molecule has 4 rings (SSSR count). The van der Waals surface area contributed by atoms with Crippen LogP contribution >= 0.6 is 35.0 Å². The molecule has 0 saturated heterocycles. The van der Waals surface area contributed by atoms with E-state index in [2.05, 4.69) is 15.5 Å². The van der Waals surface area contributed by atoms with Gasteiger partial charge in [0, 0.05) is 10.6 Å². The number of hydrogen-bond donors (Lipinski definition) is 1. The predicted octanol–water partition coefficient (Wildman–Crippen LogP) is 4.93. The number of carbonyl (C=O) groups excluding carboxylic acids is 1. The van der Waals surface area contributed by atoms with Gasteiger partial charge in [0.25, 0.3) is 11.5 Å². The molecule has 6 nitrogen and oxygen atoms in total. The van der Waals surface area contributed by atoms with Crippen molar-refractivity contribution < 1.29 is 4.79 Å². The average Bonchev–Trinajstić information content (AvgIpc) is 2.80. The van der Waals surface area contributed by atoms with E-state index in [1.165, 1.54) is 10.8 Å². The molecule has 1 amide bonds. The summed E-state index contributed by atoms with van der Waals surface area (Å²) in [4.78, 5) is 30.1. The molecule has 0 saturated carbocycles. The van der Waals surface area contributed by atoms with Gasteiger partial charge in [-0.05, 0) is 36.4 Å². The van der Waals surface area contributed by atoms with E-state index in [9.17, 15) is 9.59 Å². The fourth-order valence-electron chi connectivity index (χ4n) is 2.96. The summed E-state index contributed by atoms with van der Waals surface area (Å²) < 4.78 is 1.51. The van der Waals surface area contributed by atoms with Gasteiger partial charge in [-0.15, -0.1) is 0 Å². The lowest BCUT2D eigenvalue weighted by Gasteiger charge is -2.12. The Bertz CT molecular complexity index is 1370. The van der Waals surface area contributed by atoms with Crippen molar-refractivity contribution in [1.82, 2.24) is 15.0 Å². The fraction of sp³-hybridized carbons (Fsp3) is 0.0435. The van der Waals surface area contributed by atoms with Gasteiger partial charge in [0.2, 0.25) is 0 Å². The maximum Gasteiger partial charge on any atom is 0.266 e. The molecule has 32 heavy (non-hydrogen) atoms. The van der Waals surface area contributed by atoms with Crippen LogP contribution in [0.4, 0.5) is 0 Å². The zero-order valence-electron chi connectivity index (χ0n) is 16.5. The number of fused-ring (bicyclic) bond motifs is 1. The average molecular weight is 483 g/mol. The molecule has 0 aliphatic heterocycles. The van der Waals surface area contributed by atoms with Crippen molar-refractivity contribution in [3.05, 3.63) is 98.8 Å². The number of para-hydroxylation sites is 2. The first-order chi connectivity index (χ1) is 15.5. The van der Waals surface area contributed by atoms with E-state index in [4.69, 9.17) is 23.2 Å². The zero-order valence-corrected chi connectivity index (χ0v) is 18.9. The van der Waals surface area contributed by atoms with Gasteiger partial charge in [-0.3, -0.25) is 14.2 Å². The number of thioether (sulfide) groups is 1. The molecular formula is C23H16Cl2N4O2S. The monoisotopic (exact) mass is 482 g/mol. The molecule has 160 valence electrons. The van der Waals surface area contributed by atoms with Gasteiger partial charge < -0.3 is 0 Å². The molecule has 1 heterocycles. The van der Waals surface area contributed by atoms with Crippen LogP contribution in [-0.2, 0) is 4.79 Å². The second kappa shape index (κ2) is 9.99. The van der Waals surface area contributed by atoms with E-state index in [0.717, 1.165) is 11.8 Å². The lowest BCUT2D eigenvalue weighted by atomic mass is 10.2. The Hall–Kier alpha value is -3.13. The topological polar surface area (TPSA) is 76.3 Å². The number of halogens is 2. The quantitative estimate of drug-likeness (QED) is 0.183. The van der Waals surface area contributed by atoms with Crippen molar-refractivity contribution >= 4 is 58.0 Å². The predicted molar refractivity (Wildman–Crippen MR) is 130 cm³/mol. The Labute approximate surface area is 197 Å². The first-order valence-corrected chi connectivity index (χ1v) is 11.2. The molecule has 3 aromatic carbocycles. The van der Waals surface area contributed by atoms with Crippen molar-refractivity contribution in [2.24, 2.45) is 5.10 Å². The number of rotatable bonds is 6. The van der Waals surface area contributed by atoms with Gasteiger partial charge in [-0.1, -0.05) is 71.4 Å². The third-order valence-electron chi connectivity index (χ3n) is 4.45. The number of hydrogen-bond acceptors (Lipinski definition) is 5. The van der Waals surface area contributed by atoms with Crippen LogP contribution in [0.25, 0.3) is 16.6 Å². The Morgan fingerprint density at radius 3 is 2.59 bits per heavy atom. The van der Waals surface area contributed by atoms with Crippen LogP contribution < -0.4 is 11.0 Å². The molecular weight excluding hydrogens is 467 g/mol. The van der Waals surface area contributed by atoms with Crippen molar-refractivity contribution in [2.45, 2.75) is 5.16 Å². The number of carbonyl (C=O) groups is 1. The number of amides is 1. The first kappa shape index (κ1) is 22.1. The maximum atomic E-state index is 13.1. The lowest BCUT2D eigenvalue weighted by Crippen LogP contribution is -2.24. The summed E-state index contributed by atoms with van der Waals surface area (Å²) in [6, 6.07) is 21.3. The third-order valence-corrected chi connectivity index (χ3v) is 5.95. The van der Waals surface area contributed by atoms with E-state index in [1.54, 1.807) is 36.4 Å². The Balaban J connectivity index is 1.54. The molecule has 9 heteroatoms. The molecule has 1 aromatic heterocycles. The van der Waals surface area contributed by atoms with Gasteiger partial charge in [0.1, 0.15) is 0 Å². The van der Waals surface area contributed by atoms with Crippen LogP contribution in [0.15, 0.2) is 87.8 Å². The van der Waals surface area contributed by atoms with Gasteiger partial charge in [-0.25, -0.2) is 10.4 Å². The van der Waals surface area contributed by atoms with E-state index in [0.29, 0.717) is 37.4 Å². The molecule has 1 N–H and O–H groups in total. The summed E-state index contributed by atoms with van der Waals surface area (Å²) in [6.45, 7) is 0. The number of nitrogens with zero attached hydrogens (tertiary/aromatic N) is 3. The summed E-state index contributed by atoms with van der Waals surface area (Å²) in [7, 11) is 0. The second-order valence-corrected chi connectivity index (χ2v) is 8.42. The van der Waals surface area contributed by atoms with Crippen LogP contribution in [0.1, 0.15) is 5.56 Å². The minimum absolute atomic E-state index is 0.0172. The molecule has 0 bridgehead atoms. The lowest BCUT2D eigenvalue weighted by molar-refractivity contribution is -0.118. The first-order valence-electron chi connectivity index (χ1n) is 9.50. The highest BCUT2D eigenvalue weighted by Gasteiger charge is 2.14. The fourth-order valence-corrected chi connectivity index (χ4v) is 4.22. The van der Waals surface area contributed by atoms with Crippen molar-refractivity contribution in [2.75, 3.05) is 5.75 Å². The molecule has 4 aromatic rings. The molecule has 0 aliphatic rings. The van der Waals surface area contributed by atoms with Gasteiger partial charge >= 0.3 is 0 Å². The van der Waals surface area contributed by atoms with E-state index >= 15 is 0 Å². The second-order valence-electron chi connectivity index (χ2n) is 6.64. The standard InChI is InChI=1S/C23H16Cl2N4O2S/c24-16-11-10-15(19(25)12-16)13-26-28-21(30)14-32-23-27-20-9-5-4-8-18(20)22(31)29(23)17-6-2-1-3-7-17/h1-13H,14H2,(H,28,30)/b26-13-. The van der Waals surface area contributed by atoms with Crippen LogP contribution in [-0.4, -0.2) is 27.4 Å². The molecule has 0 atom stereocenters. The largest absolute Gasteiger partial charge is 0.272 e. The van der Waals surface area contributed by atoms with Crippen LogP contribution in [0.2, 0.25) is 10.0 Å². The van der Waals surface area contributed by atoms with Crippen LogP contribution in [0.3, 0.4) is 0 Å². The third kappa shape index (κ3) is 5.02. The normalized spacial score (nSPS) is 11.2. The van der Waals surface area contributed by atoms with Crippen LogP contribution in [0.5, 0.6) is 0 Å². The van der Waals surface area contributed by atoms with Gasteiger partial charge in [0.15, 0.2) is 5.16 Å². The van der Waals surface area contributed by atoms with Crippen molar-refractivity contribution in [3.8, 4) is 5.69 Å². The molecule has 0 radical (unpaired) electrons. The zero-order chi connectivity index (χ0) is 22.5. The molecule has 0 aliphatic carbocycles. The summed E-state index contributed by atoms with van der Waals surface area (Å²) in [5.74, 6) is -0.332. The Morgan fingerprint density at radius 1 is 1.06 bits per heavy atom. The van der Waals surface area contributed by atoms with Crippen LogP contribution in [0, 0.1) is 0 Å². The number of benzene rings is 3. The highest BCUT2D eigenvalue weighted by Crippen LogP contribution is 2.21. The van der Waals surface area contributed by atoms with E-state index in [-0.39, 0.29) is 17.2 Å². The van der Waals surface area contributed by atoms with Gasteiger partial charge in [-0.2, -0.15) is 5.10 Å². The SMILES string of the molecule is O=C(CSc1nc2ccccc2c(=O)n1-c1ccccc1)N/N=C\c1ccc(Cl)cc1Cl. The molecule has 0 spiro atoms. The summed E-state index contributed by atoms with van der Waals surface area (Å²) in [6.07, 6.45) is 1.44. The molecule has 0 fully saturated rings. The Morgan fingerprint density at radius 2 is 1.81 bits per heavy atom. The highest BCUT2D eigenvalue weighted by molar-refractivity contribution is 7.99. The number of hydrazone groups is 1. The number of nitrogens with one attached hydrogen (secondary N) is 1. The highest BCUT2D eigenvalue weighted by atomic mass is 35.5. The summed E-state index contributed by atoms with van der Waals surface area (Å²) in [5, 5.41) is 5.81. The minimum Gasteiger partial charge on any atom is -0.272 e. The Kier molecular flexibility index (Phi) is 6.90. The van der Waals surface area contributed by atoms with Gasteiger partial charge in [0.05, 0.1) is 33.6 Å². The van der Waals surface area contributed by atoms with Crippen molar-refractivity contribution in [3.63, 3.8) is 0 Å². The van der Waals surface area contributed by atoms with Crippen molar-refractivity contribution in [1.29, 1.82) is 0 Å². The summed E-state index contributed by atoms with van der Waals surface area (Å²) >= 11 is 13.1. The maximum absolute atomic E-state index is 13.1. The number of aromatic nitrogens is 2. The summed E-state index contributed by atoms with van der Waals surface area (Å²) in [5.41, 5.74) is 4.13. The van der Waals surface area contributed by atoms with E-state index < -0.39 is 0 Å². The smallest absolute Gasteiger partial charge is 0.266 e. The van der Waals surface area contributed by atoms with E-state index in [1.807, 2.05) is 36.4 Å². The molecule has 0 unspecified atom stereocenters. The minimum atomic E-state index is -0.349.